The Balaban J connectivity index is 2.92. The van der Waals surface area contributed by atoms with Gasteiger partial charge in [-0.3, -0.25) is 0 Å². The van der Waals surface area contributed by atoms with Crippen LogP contribution in [0.3, 0.4) is 0 Å². The summed E-state index contributed by atoms with van der Waals surface area (Å²) in [4.78, 5) is 44.5. The van der Waals surface area contributed by atoms with Crippen molar-refractivity contribution < 1.29 is 75.4 Å². The van der Waals surface area contributed by atoms with Gasteiger partial charge in [0.1, 0.15) is 22.6 Å². The molecule has 0 saturated heterocycles. The zero-order chi connectivity index (χ0) is 28.3. The van der Waals surface area contributed by atoms with E-state index < -0.39 is 88.6 Å². The van der Waals surface area contributed by atoms with Crippen LogP contribution in [0, 0.1) is 0 Å². The first-order valence-electron chi connectivity index (χ1n) is 9.51. The van der Waals surface area contributed by atoms with E-state index in [9.17, 15) is 55.7 Å². The van der Waals surface area contributed by atoms with E-state index >= 15 is 0 Å². The molecule has 0 unspecified atom stereocenters. The van der Waals surface area contributed by atoms with Crippen molar-refractivity contribution in [3.05, 3.63) is 58.7 Å². The number of rotatable bonds is 10. The molecule has 16 heteroatoms. The SMILES string of the molecule is O=C(O)COc1ccc(C(c2ccc(OCC(=O)O)c(C(=O)O)c2)(C(F)(F)F)C(F)(F)F)cc1C(=O)O. The molecule has 0 radical (unpaired) electrons. The van der Waals surface area contributed by atoms with Crippen molar-refractivity contribution in [2.75, 3.05) is 13.2 Å². The highest BCUT2D eigenvalue weighted by Crippen LogP contribution is 2.57. The minimum absolute atomic E-state index is 0.0181. The molecule has 0 fully saturated rings. The van der Waals surface area contributed by atoms with Crippen molar-refractivity contribution in [1.82, 2.24) is 0 Å². The van der Waals surface area contributed by atoms with Crippen LogP contribution in [0.4, 0.5) is 26.3 Å². The summed E-state index contributed by atoms with van der Waals surface area (Å²) in [6.45, 7) is -2.33. The molecule has 0 bridgehead atoms. The zero-order valence-corrected chi connectivity index (χ0v) is 17.9. The topological polar surface area (TPSA) is 168 Å². The molecule has 2 aromatic rings. The maximum atomic E-state index is 14.4. The molecule has 0 amide bonds. The smallest absolute Gasteiger partial charge is 0.411 e. The van der Waals surface area contributed by atoms with E-state index in [0.29, 0.717) is 12.1 Å². The summed E-state index contributed by atoms with van der Waals surface area (Å²) in [5, 5.41) is 35.9. The van der Waals surface area contributed by atoms with Gasteiger partial charge in [-0.25, -0.2) is 19.2 Å². The molecule has 0 aliphatic rings. The monoisotopic (exact) mass is 540 g/mol. The molecule has 0 aromatic heterocycles. The quantitative estimate of drug-likeness (QED) is 0.328. The Morgan fingerprint density at radius 1 is 0.622 bits per heavy atom. The number of ether oxygens (including phenoxy) is 2. The Morgan fingerprint density at radius 2 is 0.946 bits per heavy atom. The summed E-state index contributed by atoms with van der Waals surface area (Å²) in [6, 6.07) is 1.18. The predicted molar refractivity (Wildman–Crippen MR) is 106 cm³/mol. The molecule has 0 aliphatic heterocycles. The van der Waals surface area contributed by atoms with Gasteiger partial charge in [0, 0.05) is 0 Å². The second kappa shape index (κ2) is 10.2. The predicted octanol–water partition coefficient (Wildman–Crippen LogP) is 3.42. The molecule has 2 rings (SSSR count). The summed E-state index contributed by atoms with van der Waals surface area (Å²) < 4.78 is 95.6. The number of carbonyl (C=O) groups is 4. The number of hydrogen-bond acceptors (Lipinski definition) is 6. The molecule has 200 valence electrons. The summed E-state index contributed by atoms with van der Waals surface area (Å²) in [7, 11) is 0. The van der Waals surface area contributed by atoms with Gasteiger partial charge in [0.2, 0.25) is 5.41 Å². The van der Waals surface area contributed by atoms with Crippen LogP contribution in [0.5, 0.6) is 11.5 Å². The van der Waals surface area contributed by atoms with Crippen LogP contribution in [0.15, 0.2) is 36.4 Å². The number of hydrogen-bond donors (Lipinski definition) is 4. The van der Waals surface area contributed by atoms with Crippen molar-refractivity contribution >= 4 is 23.9 Å². The fourth-order valence-electron chi connectivity index (χ4n) is 3.37. The minimum Gasteiger partial charge on any atom is -0.481 e. The van der Waals surface area contributed by atoms with Crippen LogP contribution < -0.4 is 9.47 Å². The first kappa shape index (κ1) is 28.7. The first-order chi connectivity index (χ1) is 16.9. The summed E-state index contributed by atoms with van der Waals surface area (Å²) >= 11 is 0. The van der Waals surface area contributed by atoms with Gasteiger partial charge in [-0.15, -0.1) is 0 Å². The molecule has 0 atom stereocenters. The number of carboxylic acid groups (broad SMARTS) is 4. The Kier molecular flexibility index (Phi) is 7.95. The number of carboxylic acids is 4. The molecular formula is C21H14F6O10. The van der Waals surface area contributed by atoms with Gasteiger partial charge in [-0.05, 0) is 35.4 Å². The fourth-order valence-corrected chi connectivity index (χ4v) is 3.37. The largest absolute Gasteiger partial charge is 0.481 e. The maximum absolute atomic E-state index is 14.4. The van der Waals surface area contributed by atoms with Gasteiger partial charge in [0.25, 0.3) is 0 Å². The molecule has 37 heavy (non-hydrogen) atoms. The van der Waals surface area contributed by atoms with Crippen molar-refractivity contribution in [2.45, 2.75) is 17.8 Å². The lowest BCUT2D eigenvalue weighted by molar-refractivity contribution is -0.288. The van der Waals surface area contributed by atoms with Gasteiger partial charge in [0.15, 0.2) is 13.2 Å². The van der Waals surface area contributed by atoms with E-state index in [4.69, 9.17) is 10.2 Å². The third kappa shape index (κ3) is 5.68. The Bertz CT molecular complexity index is 1140. The highest BCUT2D eigenvalue weighted by Gasteiger charge is 2.72. The zero-order valence-electron chi connectivity index (χ0n) is 17.9. The molecule has 0 aliphatic carbocycles. The van der Waals surface area contributed by atoms with Crippen molar-refractivity contribution in [1.29, 1.82) is 0 Å². The third-order valence-electron chi connectivity index (χ3n) is 4.84. The third-order valence-corrected chi connectivity index (χ3v) is 4.84. The maximum Gasteiger partial charge on any atom is 0.411 e. The van der Waals surface area contributed by atoms with Crippen LogP contribution in [0.2, 0.25) is 0 Å². The second-order valence-corrected chi connectivity index (χ2v) is 7.14. The lowest BCUT2D eigenvalue weighted by Gasteiger charge is -2.38. The van der Waals surface area contributed by atoms with Crippen LogP contribution in [-0.2, 0) is 15.0 Å². The summed E-state index contributed by atoms with van der Waals surface area (Å²) in [5.41, 5.74) is -10.9. The summed E-state index contributed by atoms with van der Waals surface area (Å²) in [6.07, 6.45) is -12.5. The lowest BCUT2D eigenvalue weighted by atomic mass is 9.72. The Labute approximate surface area is 201 Å². The minimum atomic E-state index is -6.25. The number of aliphatic carboxylic acids is 2. The van der Waals surface area contributed by atoms with E-state index in [-0.39, 0.29) is 24.3 Å². The van der Waals surface area contributed by atoms with Gasteiger partial charge in [-0.1, -0.05) is 12.1 Å². The van der Waals surface area contributed by atoms with E-state index in [1.54, 1.807) is 0 Å². The van der Waals surface area contributed by atoms with E-state index in [1.165, 1.54) is 0 Å². The van der Waals surface area contributed by atoms with Crippen molar-refractivity contribution in [3.8, 4) is 11.5 Å². The van der Waals surface area contributed by atoms with Crippen molar-refractivity contribution in [3.63, 3.8) is 0 Å². The van der Waals surface area contributed by atoms with E-state index in [1.807, 2.05) is 0 Å². The van der Waals surface area contributed by atoms with Gasteiger partial charge in [0.05, 0.1) is 0 Å². The Morgan fingerprint density at radius 3 is 1.19 bits per heavy atom. The average molecular weight is 540 g/mol. The van der Waals surface area contributed by atoms with Crippen LogP contribution in [0.1, 0.15) is 31.8 Å². The standard InChI is InChI=1S/C21H14F6O10/c22-20(23,24)19(21(25,26)27,9-1-3-13(36-7-15(28)29)11(5-9)17(32)33)10-2-4-14(37-8-16(30)31)12(6-10)18(34)35/h1-6H,7-8H2,(H,28,29)(H,30,31)(H,32,33)(H,34,35). The van der Waals surface area contributed by atoms with Crippen LogP contribution >= 0.6 is 0 Å². The lowest BCUT2D eigenvalue weighted by Crippen LogP contribution is -2.55. The molecule has 4 N–H and O–H groups in total. The highest BCUT2D eigenvalue weighted by atomic mass is 19.4. The van der Waals surface area contributed by atoms with Crippen LogP contribution in [0.25, 0.3) is 0 Å². The second-order valence-electron chi connectivity index (χ2n) is 7.14. The molecule has 0 heterocycles. The van der Waals surface area contributed by atoms with Crippen LogP contribution in [-0.4, -0.2) is 69.9 Å². The molecule has 2 aromatic carbocycles. The fraction of sp³-hybridized carbons (Fsp3) is 0.238. The first-order valence-corrected chi connectivity index (χ1v) is 9.51. The van der Waals surface area contributed by atoms with Gasteiger partial charge >= 0.3 is 36.2 Å². The van der Waals surface area contributed by atoms with E-state index in [2.05, 4.69) is 9.47 Å². The normalized spacial score (nSPS) is 12.1. The molecular weight excluding hydrogens is 526 g/mol. The molecule has 0 spiro atoms. The van der Waals surface area contributed by atoms with Gasteiger partial charge in [-0.2, -0.15) is 26.3 Å². The highest BCUT2D eigenvalue weighted by molar-refractivity contribution is 5.92. The average Bonchev–Trinajstić information content (AvgIpc) is 2.75. The Hall–Kier alpha value is -4.50. The molecule has 10 nitrogen and oxygen atoms in total. The number of alkyl halides is 6. The van der Waals surface area contributed by atoms with Crippen molar-refractivity contribution in [2.24, 2.45) is 0 Å². The molecule has 0 saturated carbocycles. The van der Waals surface area contributed by atoms with Gasteiger partial charge < -0.3 is 29.9 Å². The number of aromatic carboxylic acids is 2. The number of halogens is 6. The number of benzene rings is 2. The summed E-state index contributed by atoms with van der Waals surface area (Å²) in [5.74, 6) is -9.03. The van der Waals surface area contributed by atoms with E-state index in [0.717, 1.165) is 0 Å².